The maximum absolute atomic E-state index is 12.6. The third-order valence-corrected chi connectivity index (χ3v) is 5.99. The van der Waals surface area contributed by atoms with Gasteiger partial charge in [-0.3, -0.25) is 4.99 Å². The first-order chi connectivity index (χ1) is 12.2. The molecular weight excluding hydrogens is 371 g/mol. The highest BCUT2D eigenvalue weighted by Crippen LogP contribution is 2.28. The van der Waals surface area contributed by atoms with E-state index in [9.17, 15) is 21.6 Å². The standard InChI is InChI=1S/C15H30F3N5O2S/c1-4-9-22(5-2)12-8-20-14(19-3)21-13-6-10-23(11-7-13)26(24,25)15(16,17)18/h13H,4-12H2,1-3H3,(H2,19,20,21). The zero-order chi connectivity index (χ0) is 19.8. The van der Waals surface area contributed by atoms with Crippen LogP contribution in [0, 0.1) is 0 Å². The van der Waals surface area contributed by atoms with Crippen LogP contribution in [0.25, 0.3) is 0 Å². The number of alkyl halides is 3. The fourth-order valence-corrected chi connectivity index (χ4v) is 3.84. The van der Waals surface area contributed by atoms with Crippen LogP contribution in [0.5, 0.6) is 0 Å². The van der Waals surface area contributed by atoms with Gasteiger partial charge in [0, 0.05) is 39.3 Å². The van der Waals surface area contributed by atoms with Crippen LogP contribution in [0.2, 0.25) is 0 Å². The maximum Gasteiger partial charge on any atom is 0.511 e. The van der Waals surface area contributed by atoms with E-state index in [1.165, 1.54) is 0 Å². The summed E-state index contributed by atoms with van der Waals surface area (Å²) < 4.78 is 61.1. The molecule has 2 N–H and O–H groups in total. The van der Waals surface area contributed by atoms with Crippen LogP contribution in [0.1, 0.15) is 33.1 Å². The van der Waals surface area contributed by atoms with Gasteiger partial charge in [-0.2, -0.15) is 17.5 Å². The van der Waals surface area contributed by atoms with Crippen molar-refractivity contribution in [2.75, 3.05) is 46.3 Å². The molecule has 7 nitrogen and oxygen atoms in total. The molecule has 0 unspecified atom stereocenters. The number of hydrogen-bond acceptors (Lipinski definition) is 4. The number of halogens is 3. The lowest BCUT2D eigenvalue weighted by atomic mass is 10.1. The number of piperidine rings is 1. The second kappa shape index (κ2) is 10.3. The summed E-state index contributed by atoms with van der Waals surface area (Å²) in [4.78, 5) is 6.43. The number of rotatable bonds is 8. The van der Waals surface area contributed by atoms with Crippen molar-refractivity contribution >= 4 is 16.0 Å². The summed E-state index contributed by atoms with van der Waals surface area (Å²) >= 11 is 0. The molecule has 1 fully saturated rings. The van der Waals surface area contributed by atoms with Gasteiger partial charge in [-0.1, -0.05) is 13.8 Å². The van der Waals surface area contributed by atoms with Gasteiger partial charge in [-0.05, 0) is 32.4 Å². The van der Waals surface area contributed by atoms with E-state index >= 15 is 0 Å². The molecule has 1 saturated heterocycles. The normalized spacial score (nSPS) is 18.3. The average Bonchev–Trinajstić information content (AvgIpc) is 2.59. The van der Waals surface area contributed by atoms with Gasteiger partial charge in [0.25, 0.3) is 0 Å². The molecule has 1 rings (SSSR count). The fraction of sp³-hybridized carbons (Fsp3) is 0.933. The molecule has 0 bridgehead atoms. The topological polar surface area (TPSA) is 77.0 Å². The molecule has 0 aromatic heterocycles. The first kappa shape index (κ1) is 23.0. The van der Waals surface area contributed by atoms with Crippen LogP contribution in [-0.2, 0) is 10.0 Å². The van der Waals surface area contributed by atoms with Crippen LogP contribution in [-0.4, -0.2) is 81.4 Å². The summed E-state index contributed by atoms with van der Waals surface area (Å²) in [5, 5.41) is 6.35. The van der Waals surface area contributed by atoms with Crippen molar-refractivity contribution in [3.05, 3.63) is 0 Å². The molecule has 0 aromatic carbocycles. The minimum absolute atomic E-state index is 0.112. The van der Waals surface area contributed by atoms with Crippen molar-refractivity contribution in [1.82, 2.24) is 19.8 Å². The molecule has 154 valence electrons. The number of nitrogens with zero attached hydrogens (tertiary/aromatic N) is 3. The first-order valence-corrected chi connectivity index (χ1v) is 10.4. The maximum atomic E-state index is 12.6. The van der Waals surface area contributed by atoms with E-state index in [2.05, 4.69) is 34.4 Å². The zero-order valence-corrected chi connectivity index (χ0v) is 16.5. The second-order valence-corrected chi connectivity index (χ2v) is 8.13. The Kier molecular flexibility index (Phi) is 9.11. The number of guanidine groups is 1. The number of likely N-dealkylation sites (N-methyl/N-ethyl adjacent to an activating group) is 1. The van der Waals surface area contributed by atoms with E-state index < -0.39 is 15.5 Å². The SMILES string of the molecule is CCCN(CC)CCNC(=NC)NC1CCN(S(=O)(=O)C(F)(F)F)CC1. The highest BCUT2D eigenvalue weighted by Gasteiger charge is 2.50. The van der Waals surface area contributed by atoms with E-state index in [4.69, 9.17) is 0 Å². The number of hydrogen-bond donors (Lipinski definition) is 2. The Morgan fingerprint density at radius 1 is 1.23 bits per heavy atom. The predicted molar refractivity (Wildman–Crippen MR) is 96.5 cm³/mol. The minimum atomic E-state index is -5.24. The number of sulfonamides is 1. The molecular formula is C15H30F3N5O2S. The van der Waals surface area contributed by atoms with Crippen LogP contribution in [0.15, 0.2) is 4.99 Å². The van der Waals surface area contributed by atoms with Crippen molar-refractivity contribution in [2.24, 2.45) is 4.99 Å². The Balaban J connectivity index is 2.43. The van der Waals surface area contributed by atoms with Gasteiger partial charge in [0.05, 0.1) is 0 Å². The van der Waals surface area contributed by atoms with Crippen LogP contribution in [0.4, 0.5) is 13.2 Å². The lowest BCUT2D eigenvalue weighted by Crippen LogP contribution is -2.52. The van der Waals surface area contributed by atoms with Gasteiger partial charge in [-0.25, -0.2) is 8.42 Å². The molecule has 0 spiro atoms. The highest BCUT2D eigenvalue weighted by molar-refractivity contribution is 7.90. The third kappa shape index (κ3) is 6.58. The summed E-state index contributed by atoms with van der Waals surface area (Å²) in [5.41, 5.74) is -5.24. The molecule has 0 saturated carbocycles. The predicted octanol–water partition coefficient (Wildman–Crippen LogP) is 1.20. The van der Waals surface area contributed by atoms with Crippen molar-refractivity contribution in [3.63, 3.8) is 0 Å². The van der Waals surface area contributed by atoms with Gasteiger partial charge >= 0.3 is 15.5 Å². The fourth-order valence-electron chi connectivity index (χ4n) is 2.85. The lowest BCUT2D eigenvalue weighted by Gasteiger charge is -2.32. The Hall–Kier alpha value is -1.07. The Bertz CT molecular complexity index is 546. The second-order valence-electron chi connectivity index (χ2n) is 6.20. The highest BCUT2D eigenvalue weighted by atomic mass is 32.2. The summed E-state index contributed by atoms with van der Waals surface area (Å²) in [6.45, 7) is 7.48. The van der Waals surface area contributed by atoms with Gasteiger partial charge in [0.2, 0.25) is 0 Å². The largest absolute Gasteiger partial charge is 0.511 e. The first-order valence-electron chi connectivity index (χ1n) is 8.91. The minimum Gasteiger partial charge on any atom is -0.355 e. The average molecular weight is 401 g/mol. The smallest absolute Gasteiger partial charge is 0.355 e. The molecule has 11 heteroatoms. The summed E-state index contributed by atoms with van der Waals surface area (Å²) in [7, 11) is -3.61. The van der Waals surface area contributed by atoms with E-state index in [0.29, 0.717) is 29.7 Å². The Labute approximate surface area is 154 Å². The molecule has 0 amide bonds. The molecule has 0 aromatic rings. The van der Waals surface area contributed by atoms with Crippen molar-refractivity contribution in [1.29, 1.82) is 0 Å². The molecule has 1 aliphatic heterocycles. The third-order valence-electron chi connectivity index (χ3n) is 4.36. The van der Waals surface area contributed by atoms with Crippen LogP contribution >= 0.6 is 0 Å². The van der Waals surface area contributed by atoms with E-state index in [-0.39, 0.29) is 19.1 Å². The molecule has 0 atom stereocenters. The van der Waals surface area contributed by atoms with Gasteiger partial charge in [-0.15, -0.1) is 0 Å². The Morgan fingerprint density at radius 2 is 1.85 bits per heavy atom. The summed E-state index contributed by atoms with van der Waals surface area (Å²) in [5.74, 6) is 0.578. The Morgan fingerprint density at radius 3 is 2.31 bits per heavy atom. The van der Waals surface area contributed by atoms with Gasteiger partial charge < -0.3 is 15.5 Å². The van der Waals surface area contributed by atoms with Crippen molar-refractivity contribution in [2.45, 2.75) is 44.7 Å². The molecule has 1 aliphatic rings. The van der Waals surface area contributed by atoms with Crippen molar-refractivity contribution in [3.8, 4) is 0 Å². The van der Waals surface area contributed by atoms with E-state index in [0.717, 1.165) is 26.1 Å². The monoisotopic (exact) mass is 401 g/mol. The van der Waals surface area contributed by atoms with E-state index in [1.54, 1.807) is 7.05 Å². The molecule has 1 heterocycles. The van der Waals surface area contributed by atoms with Crippen molar-refractivity contribution < 1.29 is 21.6 Å². The van der Waals surface area contributed by atoms with Crippen LogP contribution < -0.4 is 10.6 Å². The number of nitrogens with one attached hydrogen (secondary N) is 2. The summed E-state index contributed by atoms with van der Waals surface area (Å²) in [6, 6.07) is -0.112. The van der Waals surface area contributed by atoms with Crippen LogP contribution in [0.3, 0.4) is 0 Å². The number of aliphatic imine (C=N–C) groups is 1. The van der Waals surface area contributed by atoms with E-state index in [1.807, 2.05) is 0 Å². The molecule has 0 radical (unpaired) electrons. The van der Waals surface area contributed by atoms with Gasteiger partial charge in [0.1, 0.15) is 0 Å². The molecule has 0 aliphatic carbocycles. The lowest BCUT2D eigenvalue weighted by molar-refractivity contribution is -0.0494. The summed E-state index contributed by atoms with van der Waals surface area (Å²) in [6.07, 6.45) is 1.68. The molecule has 26 heavy (non-hydrogen) atoms. The van der Waals surface area contributed by atoms with Gasteiger partial charge in [0.15, 0.2) is 5.96 Å². The quantitative estimate of drug-likeness (QED) is 0.472. The zero-order valence-electron chi connectivity index (χ0n) is 15.6.